The van der Waals surface area contributed by atoms with Crippen LogP contribution in [0.1, 0.15) is 49.9 Å². The third-order valence-electron chi connectivity index (χ3n) is 2.52. The van der Waals surface area contributed by atoms with E-state index < -0.39 is 0 Å². The molecule has 1 heterocycles. The predicted molar refractivity (Wildman–Crippen MR) is 67.3 cm³/mol. The van der Waals surface area contributed by atoms with Gasteiger partial charge in [0.05, 0.1) is 5.01 Å². The average molecular weight is 226 g/mol. The molecule has 0 aliphatic rings. The molecule has 1 aromatic rings. The minimum absolute atomic E-state index is 0.622. The number of rotatable bonds is 7. The second-order valence-corrected chi connectivity index (χ2v) is 5.20. The molecule has 1 N–H and O–H groups in total. The summed E-state index contributed by atoms with van der Waals surface area (Å²) >= 11 is 1.83. The summed E-state index contributed by atoms with van der Waals surface area (Å²) in [6.45, 7) is 7.63. The summed E-state index contributed by atoms with van der Waals surface area (Å²) in [5.41, 5.74) is 0. The molecule has 0 amide bonds. The largest absolute Gasteiger partial charge is 0.309 e. The zero-order chi connectivity index (χ0) is 11.1. The fraction of sp³-hybridized carbons (Fsp3) is 0.750. The van der Waals surface area contributed by atoms with Crippen LogP contribution in [0.5, 0.6) is 0 Å². The molecule has 0 bridgehead atoms. The lowest BCUT2D eigenvalue weighted by atomic mass is 10.1. The Morgan fingerprint density at radius 1 is 1.47 bits per heavy atom. The van der Waals surface area contributed by atoms with E-state index in [1.807, 2.05) is 17.5 Å². The lowest BCUT2D eigenvalue weighted by Gasteiger charge is -2.11. The highest BCUT2D eigenvalue weighted by Crippen LogP contribution is 2.13. The Hall–Kier alpha value is -0.410. The molecule has 0 radical (unpaired) electrons. The maximum atomic E-state index is 4.35. The van der Waals surface area contributed by atoms with Crippen molar-refractivity contribution in [3.05, 3.63) is 16.1 Å². The zero-order valence-electron chi connectivity index (χ0n) is 10.0. The molecule has 86 valence electrons. The van der Waals surface area contributed by atoms with Crippen molar-refractivity contribution in [1.29, 1.82) is 0 Å². The van der Waals surface area contributed by atoms with E-state index >= 15 is 0 Å². The Morgan fingerprint density at radius 2 is 2.27 bits per heavy atom. The molecule has 1 aromatic heterocycles. The van der Waals surface area contributed by atoms with Gasteiger partial charge in [-0.3, -0.25) is 0 Å². The Labute approximate surface area is 97.1 Å². The average Bonchev–Trinajstić information content (AvgIpc) is 2.71. The van der Waals surface area contributed by atoms with Crippen molar-refractivity contribution in [2.45, 2.75) is 59.0 Å². The summed E-state index contributed by atoms with van der Waals surface area (Å²) in [5, 5.41) is 4.79. The van der Waals surface area contributed by atoms with Gasteiger partial charge in [0.15, 0.2) is 0 Å². The molecule has 1 rings (SSSR count). The van der Waals surface area contributed by atoms with E-state index in [1.165, 1.54) is 29.1 Å². The summed E-state index contributed by atoms with van der Waals surface area (Å²) in [6, 6.07) is 0.622. The predicted octanol–water partition coefficient (Wildman–Crippen LogP) is 3.37. The minimum atomic E-state index is 0.622. The molecule has 0 fully saturated rings. The number of aromatic nitrogens is 1. The van der Waals surface area contributed by atoms with Crippen molar-refractivity contribution in [2.24, 2.45) is 0 Å². The molecule has 0 saturated carbocycles. The van der Waals surface area contributed by atoms with Crippen molar-refractivity contribution in [3.63, 3.8) is 0 Å². The summed E-state index contributed by atoms with van der Waals surface area (Å²) in [5.74, 6) is 0. The zero-order valence-corrected chi connectivity index (χ0v) is 10.9. The van der Waals surface area contributed by atoms with Crippen LogP contribution in [0.3, 0.4) is 0 Å². The molecule has 0 spiro atoms. The first-order valence-electron chi connectivity index (χ1n) is 5.93. The third-order valence-corrected chi connectivity index (χ3v) is 3.66. The van der Waals surface area contributed by atoms with Gasteiger partial charge in [-0.05, 0) is 19.8 Å². The topological polar surface area (TPSA) is 24.9 Å². The highest BCUT2D eigenvalue weighted by molar-refractivity contribution is 7.11. The molecular weight excluding hydrogens is 204 g/mol. The fourth-order valence-electron chi connectivity index (χ4n) is 1.48. The van der Waals surface area contributed by atoms with Gasteiger partial charge in [0.1, 0.15) is 0 Å². The van der Waals surface area contributed by atoms with Gasteiger partial charge in [0.25, 0.3) is 0 Å². The van der Waals surface area contributed by atoms with Crippen molar-refractivity contribution >= 4 is 11.3 Å². The molecule has 0 aliphatic carbocycles. The number of hydrogen-bond acceptors (Lipinski definition) is 3. The normalized spacial score (nSPS) is 13.0. The summed E-state index contributed by atoms with van der Waals surface area (Å²) < 4.78 is 0. The highest BCUT2D eigenvalue weighted by atomic mass is 32.1. The highest BCUT2D eigenvalue weighted by Gasteiger charge is 2.03. The second-order valence-electron chi connectivity index (χ2n) is 4.00. The number of thiazole rings is 1. The number of unbranched alkanes of at least 4 members (excludes halogenated alkanes) is 1. The lowest BCUT2D eigenvalue weighted by Crippen LogP contribution is -2.24. The number of nitrogens with one attached hydrogen (secondary N) is 1. The third kappa shape index (κ3) is 4.76. The van der Waals surface area contributed by atoms with Crippen LogP contribution in [0.15, 0.2) is 6.20 Å². The first-order chi connectivity index (χ1) is 7.26. The number of hydrogen-bond donors (Lipinski definition) is 1. The molecule has 2 nitrogen and oxygen atoms in total. The fourth-order valence-corrected chi connectivity index (χ4v) is 2.29. The van der Waals surface area contributed by atoms with Crippen LogP contribution < -0.4 is 5.32 Å². The molecule has 0 aromatic carbocycles. The van der Waals surface area contributed by atoms with Crippen LogP contribution in [0.25, 0.3) is 0 Å². The van der Waals surface area contributed by atoms with E-state index in [0.717, 1.165) is 13.0 Å². The number of nitrogens with zero attached hydrogens (tertiary/aromatic N) is 1. The van der Waals surface area contributed by atoms with Crippen LogP contribution >= 0.6 is 11.3 Å². The standard InChI is InChI=1S/C12H22N2S/c1-4-6-7-10(3)13-8-11-9-14-12(5-2)15-11/h9-10,13H,4-8H2,1-3H3. The minimum Gasteiger partial charge on any atom is -0.309 e. The molecule has 0 saturated heterocycles. The van der Waals surface area contributed by atoms with E-state index in [2.05, 4.69) is 31.1 Å². The molecule has 0 aliphatic heterocycles. The molecule has 1 unspecified atom stereocenters. The van der Waals surface area contributed by atoms with Crippen LogP contribution in [-0.2, 0) is 13.0 Å². The van der Waals surface area contributed by atoms with Gasteiger partial charge in [-0.1, -0.05) is 26.7 Å². The van der Waals surface area contributed by atoms with Crippen molar-refractivity contribution in [1.82, 2.24) is 10.3 Å². The maximum Gasteiger partial charge on any atom is 0.0925 e. The maximum absolute atomic E-state index is 4.35. The summed E-state index contributed by atoms with van der Waals surface area (Å²) in [4.78, 5) is 5.71. The van der Waals surface area contributed by atoms with Gasteiger partial charge in [0, 0.05) is 23.7 Å². The SMILES string of the molecule is CCCCC(C)NCc1cnc(CC)s1. The lowest BCUT2D eigenvalue weighted by molar-refractivity contribution is 0.497. The van der Waals surface area contributed by atoms with Crippen LogP contribution in [0, 0.1) is 0 Å². The Kier molecular flexibility index (Phi) is 5.88. The molecule has 15 heavy (non-hydrogen) atoms. The van der Waals surface area contributed by atoms with Gasteiger partial charge in [-0.2, -0.15) is 0 Å². The van der Waals surface area contributed by atoms with Gasteiger partial charge in [-0.15, -0.1) is 11.3 Å². The summed E-state index contributed by atoms with van der Waals surface area (Å²) in [7, 11) is 0. The molecular formula is C12H22N2S. The van der Waals surface area contributed by atoms with E-state index in [0.29, 0.717) is 6.04 Å². The second kappa shape index (κ2) is 6.96. The monoisotopic (exact) mass is 226 g/mol. The van der Waals surface area contributed by atoms with E-state index in [4.69, 9.17) is 0 Å². The van der Waals surface area contributed by atoms with E-state index in [-0.39, 0.29) is 0 Å². The van der Waals surface area contributed by atoms with Crippen molar-refractivity contribution < 1.29 is 0 Å². The van der Waals surface area contributed by atoms with Crippen molar-refractivity contribution in [3.8, 4) is 0 Å². The van der Waals surface area contributed by atoms with Crippen LogP contribution in [0.2, 0.25) is 0 Å². The Morgan fingerprint density at radius 3 is 2.87 bits per heavy atom. The van der Waals surface area contributed by atoms with Gasteiger partial charge < -0.3 is 5.32 Å². The van der Waals surface area contributed by atoms with E-state index in [9.17, 15) is 0 Å². The molecule has 3 heteroatoms. The Bertz CT molecular complexity index is 270. The number of aryl methyl sites for hydroxylation is 1. The van der Waals surface area contributed by atoms with Crippen LogP contribution in [0.4, 0.5) is 0 Å². The summed E-state index contributed by atoms with van der Waals surface area (Å²) in [6.07, 6.45) is 6.93. The van der Waals surface area contributed by atoms with Crippen molar-refractivity contribution in [2.75, 3.05) is 0 Å². The van der Waals surface area contributed by atoms with Gasteiger partial charge in [0.2, 0.25) is 0 Å². The first kappa shape index (κ1) is 12.7. The quantitative estimate of drug-likeness (QED) is 0.771. The first-order valence-corrected chi connectivity index (χ1v) is 6.74. The van der Waals surface area contributed by atoms with Gasteiger partial charge >= 0.3 is 0 Å². The van der Waals surface area contributed by atoms with E-state index in [1.54, 1.807) is 0 Å². The van der Waals surface area contributed by atoms with Gasteiger partial charge in [-0.25, -0.2) is 4.98 Å². The smallest absolute Gasteiger partial charge is 0.0925 e. The molecule has 1 atom stereocenters. The van der Waals surface area contributed by atoms with Crippen LogP contribution in [-0.4, -0.2) is 11.0 Å². The Balaban J connectivity index is 2.24.